The van der Waals surface area contributed by atoms with Crippen molar-refractivity contribution in [1.82, 2.24) is 15.2 Å². The molecule has 0 aliphatic carbocycles. The number of thioether (sulfide) groups is 1. The summed E-state index contributed by atoms with van der Waals surface area (Å²) in [6.45, 7) is 2.02. The van der Waals surface area contributed by atoms with E-state index in [0.717, 1.165) is 24.2 Å². The molecule has 1 fully saturated rings. The molecule has 1 aromatic rings. The molecule has 0 saturated carbocycles. The number of hydrogen-bond donors (Lipinski definition) is 3. The van der Waals surface area contributed by atoms with Crippen molar-refractivity contribution < 1.29 is 24.3 Å². The Balaban J connectivity index is 1.78. The highest BCUT2D eigenvalue weighted by atomic mass is 32.2. The van der Waals surface area contributed by atoms with Gasteiger partial charge in [0.15, 0.2) is 10.8 Å². The normalized spacial score (nSPS) is 21.5. The van der Waals surface area contributed by atoms with Crippen molar-refractivity contribution in [3.05, 3.63) is 34.5 Å². The highest BCUT2D eigenvalue weighted by Gasteiger charge is 2.54. The highest BCUT2D eigenvalue weighted by Crippen LogP contribution is 2.40. The van der Waals surface area contributed by atoms with Gasteiger partial charge in [-0.2, -0.15) is 0 Å². The maximum atomic E-state index is 12.7. The zero-order valence-electron chi connectivity index (χ0n) is 16.3. The SMILES string of the molecule is CCC/C=C/C1=C(C(=O)O)N2C(=O)C(NC(=O)/C(=N\OC)c3csc(N)n3)[C@H]2SC1. The fraction of sp³-hybridized carbons (Fsp3) is 0.389. The number of aromatic nitrogens is 1. The number of oxime groups is 1. The minimum atomic E-state index is -1.17. The molecule has 1 unspecified atom stereocenters. The van der Waals surface area contributed by atoms with E-state index in [4.69, 9.17) is 10.6 Å². The first-order chi connectivity index (χ1) is 14.4. The Morgan fingerprint density at radius 2 is 2.30 bits per heavy atom. The molecule has 10 nitrogen and oxygen atoms in total. The molecule has 2 amide bonds. The van der Waals surface area contributed by atoms with Crippen LogP contribution in [-0.4, -0.2) is 62.8 Å². The number of nitrogens with zero attached hydrogens (tertiary/aromatic N) is 3. The number of nitrogens with one attached hydrogen (secondary N) is 1. The number of nitrogens with two attached hydrogens (primary N) is 1. The Morgan fingerprint density at radius 1 is 1.53 bits per heavy atom. The summed E-state index contributed by atoms with van der Waals surface area (Å²) in [5.74, 6) is -1.90. The lowest BCUT2D eigenvalue weighted by atomic mass is 10.0. The molecule has 0 aromatic carbocycles. The number of carboxylic acid groups (broad SMARTS) is 1. The number of carbonyl (C=O) groups excluding carboxylic acids is 2. The molecule has 2 aliphatic rings. The first kappa shape index (κ1) is 21.8. The van der Waals surface area contributed by atoms with Gasteiger partial charge in [0.25, 0.3) is 11.8 Å². The van der Waals surface area contributed by atoms with Crippen LogP contribution in [0, 0.1) is 0 Å². The summed E-state index contributed by atoms with van der Waals surface area (Å²) < 4.78 is 0. The average molecular weight is 452 g/mol. The number of fused-ring (bicyclic) bond motifs is 1. The summed E-state index contributed by atoms with van der Waals surface area (Å²) in [4.78, 5) is 47.2. The molecule has 0 spiro atoms. The zero-order chi connectivity index (χ0) is 21.8. The Labute approximate surface area is 180 Å². The molecular weight excluding hydrogens is 430 g/mol. The predicted molar refractivity (Wildman–Crippen MR) is 114 cm³/mol. The van der Waals surface area contributed by atoms with Crippen LogP contribution in [0.5, 0.6) is 0 Å². The van der Waals surface area contributed by atoms with E-state index in [0.29, 0.717) is 11.3 Å². The quantitative estimate of drug-likeness (QED) is 0.303. The number of nitrogen functional groups attached to an aromatic ring is 1. The monoisotopic (exact) mass is 451 g/mol. The number of anilines is 1. The summed E-state index contributed by atoms with van der Waals surface area (Å²) in [5, 5.41) is 17.3. The number of rotatable bonds is 8. The average Bonchev–Trinajstić information content (AvgIpc) is 3.15. The Morgan fingerprint density at radius 3 is 2.90 bits per heavy atom. The number of unbranched alkanes of at least 4 members (excludes halogenated alkanes) is 1. The third-order valence-electron chi connectivity index (χ3n) is 4.42. The second kappa shape index (κ2) is 9.30. The van der Waals surface area contributed by atoms with Gasteiger partial charge in [0, 0.05) is 11.1 Å². The Kier molecular flexibility index (Phi) is 6.77. The van der Waals surface area contributed by atoms with Crippen molar-refractivity contribution in [1.29, 1.82) is 0 Å². The highest BCUT2D eigenvalue weighted by molar-refractivity contribution is 8.00. The third-order valence-corrected chi connectivity index (χ3v) is 6.40. The topological polar surface area (TPSA) is 147 Å². The number of amides is 2. The van der Waals surface area contributed by atoms with Gasteiger partial charge in [-0.05, 0) is 12.0 Å². The Hall–Kier alpha value is -2.86. The van der Waals surface area contributed by atoms with Crippen molar-refractivity contribution in [2.24, 2.45) is 5.16 Å². The summed E-state index contributed by atoms with van der Waals surface area (Å²) in [7, 11) is 1.29. The van der Waals surface area contributed by atoms with Gasteiger partial charge in [0.05, 0.1) is 0 Å². The molecule has 4 N–H and O–H groups in total. The van der Waals surface area contributed by atoms with Gasteiger partial charge >= 0.3 is 5.97 Å². The lowest BCUT2D eigenvalue weighted by molar-refractivity contribution is -0.150. The number of allylic oxidation sites excluding steroid dienone is 2. The number of thiazole rings is 1. The number of carbonyl (C=O) groups is 3. The van der Waals surface area contributed by atoms with E-state index in [1.165, 1.54) is 23.8 Å². The van der Waals surface area contributed by atoms with Crippen LogP contribution < -0.4 is 11.1 Å². The standard InChI is InChI=1S/C18H21N5O5S2/c1-3-4-5-6-9-7-29-16-12(15(25)23(16)13(9)17(26)27)21-14(24)11(22-28-2)10-8-30-18(19)20-10/h5-6,8,12,16H,3-4,7H2,1-2H3,(H2,19,20)(H,21,24)(H,26,27)/b6-5+,22-11-/t12?,16-/m1/s1. The second-order valence-corrected chi connectivity index (χ2v) is 8.42. The lowest BCUT2D eigenvalue weighted by Crippen LogP contribution is -2.71. The van der Waals surface area contributed by atoms with E-state index in [9.17, 15) is 19.5 Å². The maximum Gasteiger partial charge on any atom is 0.352 e. The maximum absolute atomic E-state index is 12.7. The zero-order valence-corrected chi connectivity index (χ0v) is 18.0. The first-order valence-electron chi connectivity index (χ1n) is 9.10. The van der Waals surface area contributed by atoms with Gasteiger partial charge < -0.3 is 21.0 Å². The fourth-order valence-electron chi connectivity index (χ4n) is 3.07. The van der Waals surface area contributed by atoms with Crippen LogP contribution >= 0.6 is 23.1 Å². The smallest absolute Gasteiger partial charge is 0.352 e. The predicted octanol–water partition coefficient (Wildman–Crippen LogP) is 1.17. The third kappa shape index (κ3) is 4.19. The van der Waals surface area contributed by atoms with Crippen LogP contribution in [0.2, 0.25) is 0 Å². The van der Waals surface area contributed by atoms with Crippen molar-refractivity contribution in [3.8, 4) is 0 Å². The molecule has 160 valence electrons. The van der Waals surface area contributed by atoms with E-state index < -0.39 is 29.2 Å². The van der Waals surface area contributed by atoms with E-state index in [1.54, 1.807) is 11.5 Å². The summed E-state index contributed by atoms with van der Waals surface area (Å²) >= 11 is 2.53. The van der Waals surface area contributed by atoms with Gasteiger partial charge in [0.1, 0.15) is 29.9 Å². The van der Waals surface area contributed by atoms with Crippen molar-refractivity contribution in [2.75, 3.05) is 18.6 Å². The van der Waals surface area contributed by atoms with Crippen LogP contribution in [-0.2, 0) is 19.2 Å². The van der Waals surface area contributed by atoms with Gasteiger partial charge in [-0.25, -0.2) is 9.78 Å². The Bertz CT molecular complexity index is 955. The van der Waals surface area contributed by atoms with Crippen LogP contribution in [0.25, 0.3) is 0 Å². The molecule has 1 aromatic heterocycles. The minimum Gasteiger partial charge on any atom is -0.477 e. The molecule has 30 heavy (non-hydrogen) atoms. The lowest BCUT2D eigenvalue weighted by Gasteiger charge is -2.49. The van der Waals surface area contributed by atoms with Gasteiger partial charge in [-0.3, -0.25) is 14.5 Å². The largest absolute Gasteiger partial charge is 0.477 e. The van der Waals surface area contributed by atoms with Crippen LogP contribution in [0.1, 0.15) is 25.5 Å². The molecular formula is C18H21N5O5S2. The minimum absolute atomic E-state index is 0.0420. The van der Waals surface area contributed by atoms with Gasteiger partial charge in [-0.1, -0.05) is 30.7 Å². The van der Waals surface area contributed by atoms with Gasteiger partial charge in [0.2, 0.25) is 0 Å². The molecule has 3 rings (SSSR count). The summed E-state index contributed by atoms with van der Waals surface area (Å²) in [6.07, 6.45) is 5.41. The number of aliphatic carboxylic acids is 1. The number of hydrogen-bond acceptors (Lipinski definition) is 9. The van der Waals surface area contributed by atoms with Crippen LogP contribution in [0.3, 0.4) is 0 Å². The molecule has 2 atom stereocenters. The van der Waals surface area contributed by atoms with Crippen molar-refractivity contribution in [2.45, 2.75) is 31.2 Å². The number of β-lactam (4-membered cyclic amide) rings is 1. The van der Waals surface area contributed by atoms with E-state index in [1.807, 2.05) is 13.0 Å². The van der Waals surface area contributed by atoms with Crippen molar-refractivity contribution in [3.63, 3.8) is 0 Å². The van der Waals surface area contributed by atoms with E-state index in [2.05, 4.69) is 15.5 Å². The van der Waals surface area contributed by atoms with Crippen LogP contribution in [0.15, 0.2) is 34.0 Å². The van der Waals surface area contributed by atoms with Crippen molar-refractivity contribution >= 4 is 51.7 Å². The van der Waals surface area contributed by atoms with Gasteiger partial charge in [-0.15, -0.1) is 23.1 Å². The fourth-order valence-corrected chi connectivity index (χ4v) is 4.93. The molecule has 1 saturated heterocycles. The summed E-state index contributed by atoms with van der Waals surface area (Å²) in [6, 6.07) is -0.879. The molecule has 3 heterocycles. The molecule has 0 bridgehead atoms. The molecule has 0 radical (unpaired) electrons. The van der Waals surface area contributed by atoms with E-state index in [-0.39, 0.29) is 22.2 Å². The first-order valence-corrected chi connectivity index (χ1v) is 11.0. The van der Waals surface area contributed by atoms with Crippen LogP contribution in [0.4, 0.5) is 5.13 Å². The number of carboxylic acids is 1. The summed E-state index contributed by atoms with van der Waals surface area (Å²) in [5.41, 5.74) is 6.26. The molecule has 2 aliphatic heterocycles. The van der Waals surface area contributed by atoms with E-state index >= 15 is 0 Å². The molecule has 12 heteroatoms. The second-order valence-electron chi connectivity index (χ2n) is 6.42.